The normalized spacial score (nSPS) is 22.9. The monoisotopic (exact) mass is 314 g/mol. The van der Waals surface area contributed by atoms with E-state index >= 15 is 0 Å². The van der Waals surface area contributed by atoms with Crippen molar-refractivity contribution in [2.24, 2.45) is 17.8 Å². The molecule has 0 heterocycles. The van der Waals surface area contributed by atoms with Gasteiger partial charge in [0.2, 0.25) is 0 Å². The molecule has 0 aliphatic heterocycles. The maximum atomic E-state index is 2.38. The molecule has 1 aliphatic carbocycles. The second-order valence-corrected chi connectivity index (χ2v) is 7.82. The van der Waals surface area contributed by atoms with Crippen LogP contribution in [0.1, 0.15) is 90.0 Å². The summed E-state index contributed by atoms with van der Waals surface area (Å²) in [7, 11) is 0. The zero-order valence-corrected chi connectivity index (χ0v) is 15.6. The number of hydrogen-bond donors (Lipinski definition) is 0. The molecule has 0 bridgehead atoms. The maximum Gasteiger partial charge on any atom is -0.0279 e. The molecule has 23 heavy (non-hydrogen) atoms. The van der Waals surface area contributed by atoms with E-state index in [0.717, 1.165) is 17.8 Å². The average molecular weight is 315 g/mol. The Kier molecular flexibility index (Phi) is 8.79. The van der Waals surface area contributed by atoms with E-state index in [0.29, 0.717) is 0 Å². The summed E-state index contributed by atoms with van der Waals surface area (Å²) >= 11 is 0. The molecule has 1 fully saturated rings. The molecule has 1 saturated carbocycles. The highest BCUT2D eigenvalue weighted by molar-refractivity contribution is 5.14. The standard InChI is InChI=1S/C23H38/c1-3-5-7-14-22(23-18-16-20(4-2)17-19-23)15-10-13-21-11-8-6-9-12-21/h6,8-9,11-12,20,22-23H,3-5,7,10,13-19H2,1-2H3/t20-,22?,23-. The third-order valence-electron chi connectivity index (χ3n) is 6.20. The summed E-state index contributed by atoms with van der Waals surface area (Å²) in [6.45, 7) is 4.71. The Bertz CT molecular complexity index is 386. The molecule has 1 aromatic carbocycles. The third-order valence-corrected chi connectivity index (χ3v) is 6.20. The summed E-state index contributed by atoms with van der Waals surface area (Å²) in [6.07, 6.45) is 17.3. The zero-order chi connectivity index (χ0) is 16.3. The zero-order valence-electron chi connectivity index (χ0n) is 15.6. The molecule has 1 atom stereocenters. The highest BCUT2D eigenvalue weighted by atomic mass is 14.3. The van der Waals surface area contributed by atoms with Gasteiger partial charge in [-0.1, -0.05) is 89.1 Å². The van der Waals surface area contributed by atoms with Crippen molar-refractivity contribution >= 4 is 0 Å². The minimum atomic E-state index is 1.00. The molecule has 1 unspecified atom stereocenters. The van der Waals surface area contributed by atoms with Crippen LogP contribution < -0.4 is 0 Å². The first-order chi connectivity index (χ1) is 11.3. The smallest absolute Gasteiger partial charge is 0.0279 e. The molecule has 0 saturated heterocycles. The van der Waals surface area contributed by atoms with Gasteiger partial charge in [0.15, 0.2) is 0 Å². The largest absolute Gasteiger partial charge is 0.0654 e. The lowest BCUT2D eigenvalue weighted by Crippen LogP contribution is -2.22. The molecular formula is C23H38. The van der Waals surface area contributed by atoms with Crippen LogP contribution in [-0.2, 0) is 6.42 Å². The fourth-order valence-electron chi connectivity index (χ4n) is 4.55. The summed E-state index contributed by atoms with van der Waals surface area (Å²) in [5, 5.41) is 0. The Morgan fingerprint density at radius 1 is 0.870 bits per heavy atom. The first-order valence-electron chi connectivity index (χ1n) is 10.4. The summed E-state index contributed by atoms with van der Waals surface area (Å²) in [5.74, 6) is 3.07. The molecule has 1 aromatic rings. The van der Waals surface area contributed by atoms with E-state index in [1.165, 1.54) is 82.6 Å². The SMILES string of the molecule is CCCCCC(CCCc1ccccc1)[C@H]1CC[C@H](CC)CC1. The fraction of sp³-hybridized carbons (Fsp3) is 0.739. The number of unbranched alkanes of at least 4 members (excludes halogenated alkanes) is 2. The van der Waals surface area contributed by atoms with Crippen LogP contribution in [0.3, 0.4) is 0 Å². The second kappa shape index (κ2) is 10.9. The third kappa shape index (κ3) is 6.69. The quantitative estimate of drug-likeness (QED) is 0.394. The Morgan fingerprint density at radius 2 is 1.57 bits per heavy atom. The Morgan fingerprint density at radius 3 is 2.22 bits per heavy atom. The second-order valence-electron chi connectivity index (χ2n) is 7.82. The molecule has 0 N–H and O–H groups in total. The lowest BCUT2D eigenvalue weighted by Gasteiger charge is -2.34. The molecule has 0 nitrogen and oxygen atoms in total. The maximum absolute atomic E-state index is 2.38. The molecule has 0 amide bonds. The van der Waals surface area contributed by atoms with Crippen molar-refractivity contribution in [2.45, 2.75) is 90.9 Å². The van der Waals surface area contributed by atoms with Gasteiger partial charge in [-0.15, -0.1) is 0 Å². The summed E-state index contributed by atoms with van der Waals surface area (Å²) in [5.41, 5.74) is 1.52. The molecule has 2 rings (SSSR count). The van der Waals surface area contributed by atoms with E-state index in [9.17, 15) is 0 Å². The highest BCUT2D eigenvalue weighted by Crippen LogP contribution is 2.38. The van der Waals surface area contributed by atoms with Crippen molar-refractivity contribution in [3.8, 4) is 0 Å². The molecular weight excluding hydrogens is 276 g/mol. The predicted octanol–water partition coefficient (Wildman–Crippen LogP) is 7.42. The number of rotatable bonds is 10. The molecule has 0 aromatic heterocycles. The van der Waals surface area contributed by atoms with E-state index in [1.807, 2.05) is 0 Å². The van der Waals surface area contributed by atoms with Crippen molar-refractivity contribution in [3.63, 3.8) is 0 Å². The molecule has 0 spiro atoms. The van der Waals surface area contributed by atoms with Crippen LogP contribution in [0.2, 0.25) is 0 Å². The Labute approximate surface area is 145 Å². The molecule has 1 aliphatic rings. The van der Waals surface area contributed by atoms with Crippen LogP contribution in [0.4, 0.5) is 0 Å². The lowest BCUT2D eigenvalue weighted by molar-refractivity contribution is 0.180. The number of aryl methyl sites for hydroxylation is 1. The van der Waals surface area contributed by atoms with Gasteiger partial charge in [-0.05, 0) is 55.4 Å². The highest BCUT2D eigenvalue weighted by Gasteiger charge is 2.26. The van der Waals surface area contributed by atoms with E-state index < -0.39 is 0 Å². The van der Waals surface area contributed by atoms with E-state index in [2.05, 4.69) is 44.2 Å². The van der Waals surface area contributed by atoms with Crippen molar-refractivity contribution in [3.05, 3.63) is 35.9 Å². The van der Waals surface area contributed by atoms with Gasteiger partial charge in [-0.2, -0.15) is 0 Å². The van der Waals surface area contributed by atoms with E-state index in [4.69, 9.17) is 0 Å². The molecule has 0 heteroatoms. The predicted molar refractivity (Wildman–Crippen MR) is 103 cm³/mol. The molecule has 130 valence electrons. The topological polar surface area (TPSA) is 0 Å². The fourth-order valence-corrected chi connectivity index (χ4v) is 4.55. The van der Waals surface area contributed by atoms with Crippen molar-refractivity contribution in [1.29, 1.82) is 0 Å². The first-order valence-corrected chi connectivity index (χ1v) is 10.4. The van der Waals surface area contributed by atoms with Crippen LogP contribution in [-0.4, -0.2) is 0 Å². The minimum Gasteiger partial charge on any atom is -0.0654 e. The van der Waals surface area contributed by atoms with Crippen LogP contribution >= 0.6 is 0 Å². The Balaban J connectivity index is 1.79. The van der Waals surface area contributed by atoms with Gasteiger partial charge < -0.3 is 0 Å². The number of benzene rings is 1. The van der Waals surface area contributed by atoms with Crippen molar-refractivity contribution in [2.75, 3.05) is 0 Å². The van der Waals surface area contributed by atoms with Gasteiger partial charge in [0.05, 0.1) is 0 Å². The van der Waals surface area contributed by atoms with Crippen molar-refractivity contribution < 1.29 is 0 Å². The van der Waals surface area contributed by atoms with Gasteiger partial charge in [-0.3, -0.25) is 0 Å². The van der Waals surface area contributed by atoms with Crippen LogP contribution in [0.15, 0.2) is 30.3 Å². The van der Waals surface area contributed by atoms with E-state index in [-0.39, 0.29) is 0 Å². The summed E-state index contributed by atoms with van der Waals surface area (Å²) < 4.78 is 0. The van der Waals surface area contributed by atoms with Gasteiger partial charge >= 0.3 is 0 Å². The number of hydrogen-bond acceptors (Lipinski definition) is 0. The van der Waals surface area contributed by atoms with Crippen LogP contribution in [0.5, 0.6) is 0 Å². The van der Waals surface area contributed by atoms with Crippen LogP contribution in [0, 0.1) is 17.8 Å². The summed E-state index contributed by atoms with van der Waals surface area (Å²) in [4.78, 5) is 0. The van der Waals surface area contributed by atoms with Gasteiger partial charge in [-0.25, -0.2) is 0 Å². The lowest BCUT2D eigenvalue weighted by atomic mass is 9.72. The first kappa shape index (κ1) is 18.6. The summed E-state index contributed by atoms with van der Waals surface area (Å²) in [6, 6.07) is 11.1. The van der Waals surface area contributed by atoms with Gasteiger partial charge in [0.25, 0.3) is 0 Å². The Hall–Kier alpha value is -0.780. The van der Waals surface area contributed by atoms with Crippen LogP contribution in [0.25, 0.3) is 0 Å². The molecule has 0 radical (unpaired) electrons. The average Bonchev–Trinajstić information content (AvgIpc) is 2.61. The minimum absolute atomic E-state index is 1.00. The van der Waals surface area contributed by atoms with Crippen molar-refractivity contribution in [1.82, 2.24) is 0 Å². The van der Waals surface area contributed by atoms with E-state index in [1.54, 1.807) is 0 Å². The van der Waals surface area contributed by atoms with Gasteiger partial charge in [0, 0.05) is 0 Å². The van der Waals surface area contributed by atoms with Gasteiger partial charge in [0.1, 0.15) is 0 Å².